The lowest BCUT2D eigenvalue weighted by molar-refractivity contribution is -0.120. The molecule has 5 N–H and O–H groups in total. The van der Waals surface area contributed by atoms with E-state index in [-0.39, 0.29) is 16.6 Å². The van der Waals surface area contributed by atoms with Gasteiger partial charge in [-0.3, -0.25) is 9.48 Å². The van der Waals surface area contributed by atoms with Gasteiger partial charge in [-0.1, -0.05) is 13.8 Å². The molecule has 0 aliphatic rings. The second-order valence-corrected chi connectivity index (χ2v) is 5.98. The van der Waals surface area contributed by atoms with Gasteiger partial charge in [0.1, 0.15) is 10.9 Å². The average Bonchev–Trinajstić information content (AvgIpc) is 2.54. The Kier molecular flexibility index (Phi) is 3.97. The number of primary amides is 1. The third-order valence-corrected chi connectivity index (χ3v) is 3.82. The fourth-order valence-corrected chi connectivity index (χ4v) is 2.90. The van der Waals surface area contributed by atoms with Gasteiger partial charge in [0.15, 0.2) is 5.82 Å². The van der Waals surface area contributed by atoms with E-state index >= 15 is 0 Å². The molecule has 0 saturated carbocycles. The molecule has 0 bridgehead atoms. The number of sulfonamides is 1. The first-order chi connectivity index (χ1) is 8.15. The number of nitrogens with one attached hydrogen (secondary N) is 1. The molecule has 1 aromatic heterocycles. The van der Waals surface area contributed by atoms with E-state index in [4.69, 9.17) is 11.5 Å². The van der Waals surface area contributed by atoms with Gasteiger partial charge in [0.05, 0.1) is 0 Å². The van der Waals surface area contributed by atoms with E-state index in [2.05, 4.69) is 9.82 Å². The van der Waals surface area contributed by atoms with Crippen molar-refractivity contribution in [3.8, 4) is 0 Å². The summed E-state index contributed by atoms with van der Waals surface area (Å²) >= 11 is 0. The zero-order valence-corrected chi connectivity index (χ0v) is 11.2. The monoisotopic (exact) mass is 275 g/mol. The molecule has 102 valence electrons. The van der Waals surface area contributed by atoms with Crippen LogP contribution in [0.5, 0.6) is 0 Å². The summed E-state index contributed by atoms with van der Waals surface area (Å²) in [6.07, 6.45) is 1.26. The van der Waals surface area contributed by atoms with Crippen molar-refractivity contribution in [2.45, 2.75) is 24.8 Å². The van der Waals surface area contributed by atoms with E-state index < -0.39 is 22.0 Å². The average molecular weight is 275 g/mol. The van der Waals surface area contributed by atoms with Gasteiger partial charge in [0.2, 0.25) is 15.9 Å². The maximum absolute atomic E-state index is 12.0. The van der Waals surface area contributed by atoms with Crippen LogP contribution in [-0.2, 0) is 21.9 Å². The van der Waals surface area contributed by atoms with Crippen LogP contribution in [0.3, 0.4) is 0 Å². The highest BCUT2D eigenvalue weighted by atomic mass is 32.2. The van der Waals surface area contributed by atoms with Gasteiger partial charge in [0, 0.05) is 13.2 Å². The van der Waals surface area contributed by atoms with Crippen LogP contribution in [0.25, 0.3) is 0 Å². The zero-order chi connectivity index (χ0) is 14.1. The van der Waals surface area contributed by atoms with E-state index in [1.807, 2.05) is 0 Å². The van der Waals surface area contributed by atoms with Crippen LogP contribution in [0.1, 0.15) is 13.8 Å². The topological polar surface area (TPSA) is 133 Å². The number of hydrogen-bond acceptors (Lipinski definition) is 5. The van der Waals surface area contributed by atoms with Crippen molar-refractivity contribution in [1.82, 2.24) is 14.5 Å². The van der Waals surface area contributed by atoms with Gasteiger partial charge in [-0.2, -0.15) is 9.82 Å². The standard InChI is InChI=1S/C9H17N5O3S/c1-5(2)7(9(11)15)13-18(16,17)6-4-14(3)12-8(6)10/h4-5,7,13H,1-3H3,(H2,10,12)(H2,11,15). The molecule has 0 radical (unpaired) electrons. The Balaban J connectivity index is 3.08. The molecule has 0 aromatic carbocycles. The van der Waals surface area contributed by atoms with Crippen molar-refractivity contribution in [3.63, 3.8) is 0 Å². The number of hydrogen-bond donors (Lipinski definition) is 3. The van der Waals surface area contributed by atoms with Crippen molar-refractivity contribution in [2.24, 2.45) is 18.7 Å². The third kappa shape index (κ3) is 2.99. The Bertz CT molecular complexity index is 549. The van der Waals surface area contributed by atoms with Crippen LogP contribution in [-0.4, -0.2) is 30.1 Å². The molecular formula is C9H17N5O3S. The first kappa shape index (κ1) is 14.5. The maximum atomic E-state index is 12.0. The lowest BCUT2D eigenvalue weighted by Crippen LogP contribution is -2.47. The Morgan fingerprint density at radius 1 is 1.50 bits per heavy atom. The summed E-state index contributed by atoms with van der Waals surface area (Å²) in [6.45, 7) is 3.37. The van der Waals surface area contributed by atoms with Gasteiger partial charge in [0.25, 0.3) is 0 Å². The highest BCUT2D eigenvalue weighted by Gasteiger charge is 2.29. The molecular weight excluding hydrogens is 258 g/mol. The molecule has 1 rings (SSSR count). The van der Waals surface area contributed by atoms with E-state index in [0.29, 0.717) is 0 Å². The molecule has 1 atom stereocenters. The molecule has 1 aromatic rings. The minimum Gasteiger partial charge on any atom is -0.381 e. The van der Waals surface area contributed by atoms with E-state index in [1.54, 1.807) is 20.9 Å². The van der Waals surface area contributed by atoms with Crippen molar-refractivity contribution in [2.75, 3.05) is 5.73 Å². The summed E-state index contributed by atoms with van der Waals surface area (Å²) in [5.41, 5.74) is 10.6. The summed E-state index contributed by atoms with van der Waals surface area (Å²) in [5.74, 6) is -1.14. The summed E-state index contributed by atoms with van der Waals surface area (Å²) < 4.78 is 27.6. The number of amides is 1. The van der Waals surface area contributed by atoms with Crippen LogP contribution < -0.4 is 16.2 Å². The molecule has 0 saturated heterocycles. The molecule has 18 heavy (non-hydrogen) atoms. The van der Waals surface area contributed by atoms with Gasteiger partial charge in [-0.05, 0) is 5.92 Å². The first-order valence-corrected chi connectivity index (χ1v) is 6.74. The number of carbonyl (C=O) groups excluding carboxylic acids is 1. The fourth-order valence-electron chi connectivity index (χ4n) is 1.44. The molecule has 0 aliphatic heterocycles. The molecule has 0 spiro atoms. The lowest BCUT2D eigenvalue weighted by Gasteiger charge is -2.18. The Morgan fingerprint density at radius 3 is 2.39 bits per heavy atom. The number of nitrogens with zero attached hydrogens (tertiary/aromatic N) is 2. The quantitative estimate of drug-likeness (QED) is 0.620. The predicted molar refractivity (Wildman–Crippen MR) is 65.8 cm³/mol. The van der Waals surface area contributed by atoms with Crippen molar-refractivity contribution in [1.29, 1.82) is 0 Å². The van der Waals surface area contributed by atoms with Crippen LogP contribution in [0.15, 0.2) is 11.1 Å². The number of carbonyl (C=O) groups is 1. The number of aryl methyl sites for hydroxylation is 1. The van der Waals surface area contributed by atoms with Gasteiger partial charge in [-0.15, -0.1) is 0 Å². The smallest absolute Gasteiger partial charge is 0.246 e. The zero-order valence-electron chi connectivity index (χ0n) is 10.4. The minimum absolute atomic E-state index is 0.128. The normalized spacial score (nSPS) is 13.8. The number of nitrogen functional groups attached to an aromatic ring is 1. The number of nitrogens with two attached hydrogens (primary N) is 2. The van der Waals surface area contributed by atoms with Crippen LogP contribution >= 0.6 is 0 Å². The summed E-state index contributed by atoms with van der Waals surface area (Å²) in [6, 6.07) is -0.991. The lowest BCUT2D eigenvalue weighted by atomic mass is 10.1. The Hall–Kier alpha value is -1.61. The van der Waals surface area contributed by atoms with Crippen LogP contribution in [0.2, 0.25) is 0 Å². The number of aromatic nitrogens is 2. The number of rotatable bonds is 5. The molecule has 8 nitrogen and oxygen atoms in total. The third-order valence-electron chi connectivity index (χ3n) is 2.37. The molecule has 1 heterocycles. The summed E-state index contributed by atoms with van der Waals surface area (Å²) in [7, 11) is -2.37. The van der Waals surface area contributed by atoms with E-state index in [9.17, 15) is 13.2 Å². The number of anilines is 1. The summed E-state index contributed by atoms with van der Waals surface area (Å²) in [4.78, 5) is 11.0. The van der Waals surface area contributed by atoms with Crippen molar-refractivity contribution < 1.29 is 13.2 Å². The van der Waals surface area contributed by atoms with E-state index in [0.717, 1.165) is 0 Å². The molecule has 0 aliphatic carbocycles. The van der Waals surface area contributed by atoms with Gasteiger partial charge >= 0.3 is 0 Å². The second kappa shape index (κ2) is 4.94. The first-order valence-electron chi connectivity index (χ1n) is 5.26. The predicted octanol–water partition coefficient (Wildman–Crippen LogP) is -1.21. The minimum atomic E-state index is -3.92. The van der Waals surface area contributed by atoms with Crippen LogP contribution in [0, 0.1) is 5.92 Å². The van der Waals surface area contributed by atoms with Crippen molar-refractivity contribution in [3.05, 3.63) is 6.20 Å². The van der Waals surface area contributed by atoms with Gasteiger partial charge in [-0.25, -0.2) is 8.42 Å². The van der Waals surface area contributed by atoms with E-state index in [1.165, 1.54) is 10.9 Å². The van der Waals surface area contributed by atoms with Gasteiger partial charge < -0.3 is 11.5 Å². The summed E-state index contributed by atoms with van der Waals surface area (Å²) in [5, 5.41) is 3.73. The molecule has 9 heteroatoms. The maximum Gasteiger partial charge on any atom is 0.246 e. The molecule has 1 amide bonds. The highest BCUT2D eigenvalue weighted by molar-refractivity contribution is 7.89. The van der Waals surface area contributed by atoms with Crippen molar-refractivity contribution >= 4 is 21.7 Å². The molecule has 1 unspecified atom stereocenters. The largest absolute Gasteiger partial charge is 0.381 e. The fraction of sp³-hybridized carbons (Fsp3) is 0.556. The Morgan fingerprint density at radius 2 is 2.06 bits per heavy atom. The highest BCUT2D eigenvalue weighted by Crippen LogP contribution is 2.16. The van der Waals surface area contributed by atoms with Crippen LogP contribution in [0.4, 0.5) is 5.82 Å². The SMILES string of the molecule is CC(C)C(NS(=O)(=O)c1cn(C)nc1N)C(N)=O. The Labute approximate surface area is 105 Å². The molecule has 0 fully saturated rings. The second-order valence-electron chi connectivity index (χ2n) is 4.30.